The maximum atomic E-state index is 12.2. The number of benzene rings is 1. The fourth-order valence-electron chi connectivity index (χ4n) is 2.12. The Morgan fingerprint density at radius 1 is 1.35 bits per heavy atom. The molecule has 0 unspecified atom stereocenters. The van der Waals surface area contributed by atoms with Gasteiger partial charge in [0.1, 0.15) is 0 Å². The summed E-state index contributed by atoms with van der Waals surface area (Å²) in [6, 6.07) is 10.4. The van der Waals surface area contributed by atoms with Gasteiger partial charge in [-0.05, 0) is 12.0 Å². The Labute approximate surface area is 103 Å². The lowest BCUT2D eigenvalue weighted by molar-refractivity contribution is -0.133. The van der Waals surface area contributed by atoms with E-state index in [0.29, 0.717) is 12.5 Å². The first kappa shape index (κ1) is 12.1. The largest absolute Gasteiger partial charge is 0.337 e. The molecule has 1 aromatic carbocycles. The predicted molar refractivity (Wildman–Crippen MR) is 68.8 cm³/mol. The van der Waals surface area contributed by atoms with Gasteiger partial charge < -0.3 is 10.2 Å². The number of hydrogen-bond donors (Lipinski definition) is 1. The van der Waals surface area contributed by atoms with Gasteiger partial charge in [0, 0.05) is 19.6 Å². The summed E-state index contributed by atoms with van der Waals surface area (Å²) in [4.78, 5) is 14.3. The van der Waals surface area contributed by atoms with Gasteiger partial charge in [-0.15, -0.1) is 0 Å². The molecule has 0 bridgehead atoms. The summed E-state index contributed by atoms with van der Waals surface area (Å²) >= 11 is 0. The van der Waals surface area contributed by atoms with Crippen molar-refractivity contribution in [2.45, 2.75) is 25.8 Å². The summed E-state index contributed by atoms with van der Waals surface area (Å²) in [6.45, 7) is 4.88. The molecule has 1 N–H and O–H groups in total. The Kier molecular flexibility index (Phi) is 4.15. The summed E-state index contributed by atoms with van der Waals surface area (Å²) in [5.41, 5.74) is 1.10. The lowest BCUT2D eigenvalue weighted by Gasteiger charge is -2.38. The van der Waals surface area contributed by atoms with Crippen LogP contribution < -0.4 is 5.32 Å². The molecular formula is C14H20N2O. The minimum absolute atomic E-state index is 0.254. The first-order chi connectivity index (χ1) is 8.31. The molecule has 3 nitrogen and oxygen atoms in total. The van der Waals surface area contributed by atoms with Crippen LogP contribution in [0.4, 0.5) is 0 Å². The number of amides is 1. The Bertz CT molecular complexity index is 360. The maximum Gasteiger partial charge on any atom is 0.227 e. The highest BCUT2D eigenvalue weighted by atomic mass is 16.2. The highest BCUT2D eigenvalue weighted by molar-refractivity contribution is 5.79. The van der Waals surface area contributed by atoms with Crippen molar-refractivity contribution in [3.05, 3.63) is 35.9 Å². The Morgan fingerprint density at radius 3 is 2.59 bits per heavy atom. The van der Waals surface area contributed by atoms with Crippen LogP contribution in [0.25, 0.3) is 0 Å². The number of nitrogens with zero attached hydrogens (tertiary/aromatic N) is 1. The van der Waals surface area contributed by atoms with Gasteiger partial charge >= 0.3 is 0 Å². The molecule has 1 heterocycles. The van der Waals surface area contributed by atoms with E-state index >= 15 is 0 Å². The summed E-state index contributed by atoms with van der Waals surface area (Å²) in [5, 5.41) is 3.22. The Balaban J connectivity index is 1.96. The van der Waals surface area contributed by atoms with Gasteiger partial charge in [0.25, 0.3) is 0 Å². The fourth-order valence-corrected chi connectivity index (χ4v) is 2.12. The van der Waals surface area contributed by atoms with Crippen LogP contribution in [-0.2, 0) is 11.2 Å². The lowest BCUT2D eigenvalue weighted by atomic mass is 10.1. The third kappa shape index (κ3) is 3.07. The molecule has 1 saturated heterocycles. The second-order valence-electron chi connectivity index (χ2n) is 4.56. The molecular weight excluding hydrogens is 212 g/mol. The van der Waals surface area contributed by atoms with Crippen LogP contribution >= 0.6 is 0 Å². The molecule has 17 heavy (non-hydrogen) atoms. The van der Waals surface area contributed by atoms with E-state index in [4.69, 9.17) is 0 Å². The molecule has 92 valence electrons. The molecule has 1 fully saturated rings. The third-order valence-electron chi connectivity index (χ3n) is 3.18. The Morgan fingerprint density at radius 2 is 2.06 bits per heavy atom. The van der Waals surface area contributed by atoms with Gasteiger partial charge in [0.15, 0.2) is 0 Å². The number of nitrogens with one attached hydrogen (secondary N) is 1. The third-order valence-corrected chi connectivity index (χ3v) is 3.18. The predicted octanol–water partition coefficient (Wildman–Crippen LogP) is 1.44. The van der Waals surface area contributed by atoms with Crippen LogP contribution in [0.3, 0.4) is 0 Å². The number of carbonyl (C=O) groups is 1. The quantitative estimate of drug-likeness (QED) is 0.833. The molecule has 0 aliphatic carbocycles. The molecule has 1 aromatic rings. The minimum Gasteiger partial charge on any atom is -0.337 e. The van der Waals surface area contributed by atoms with Gasteiger partial charge in [-0.2, -0.15) is 0 Å². The van der Waals surface area contributed by atoms with Crippen LogP contribution in [-0.4, -0.2) is 36.5 Å². The van der Waals surface area contributed by atoms with Crippen molar-refractivity contribution in [1.29, 1.82) is 0 Å². The fraction of sp³-hybridized carbons (Fsp3) is 0.500. The first-order valence-corrected chi connectivity index (χ1v) is 6.35. The second-order valence-corrected chi connectivity index (χ2v) is 4.56. The first-order valence-electron chi connectivity index (χ1n) is 6.35. The van der Waals surface area contributed by atoms with E-state index < -0.39 is 0 Å². The van der Waals surface area contributed by atoms with Crippen LogP contribution in [0, 0.1) is 0 Å². The summed E-state index contributed by atoms with van der Waals surface area (Å²) < 4.78 is 0. The smallest absolute Gasteiger partial charge is 0.227 e. The van der Waals surface area contributed by atoms with E-state index in [-0.39, 0.29) is 5.91 Å². The molecule has 0 radical (unpaired) electrons. The molecule has 1 amide bonds. The summed E-state index contributed by atoms with van der Waals surface area (Å²) in [6.07, 6.45) is 1.55. The molecule has 0 spiro atoms. The average molecular weight is 232 g/mol. The van der Waals surface area contributed by atoms with Gasteiger partial charge in [-0.1, -0.05) is 37.3 Å². The molecule has 1 aliphatic rings. The van der Waals surface area contributed by atoms with Crippen molar-refractivity contribution in [2.75, 3.05) is 19.6 Å². The van der Waals surface area contributed by atoms with E-state index in [9.17, 15) is 4.79 Å². The standard InChI is InChI=1S/C14H20N2O/c1-2-8-16(13-10-15-11-13)14(17)9-12-6-4-3-5-7-12/h3-7,13,15H,2,8-11H2,1H3. The molecule has 0 saturated carbocycles. The van der Waals surface area contributed by atoms with Crippen molar-refractivity contribution in [3.63, 3.8) is 0 Å². The average Bonchev–Trinajstić information content (AvgIpc) is 2.27. The van der Waals surface area contributed by atoms with Crippen LogP contribution in [0.2, 0.25) is 0 Å². The van der Waals surface area contributed by atoms with Crippen molar-refractivity contribution < 1.29 is 4.79 Å². The van der Waals surface area contributed by atoms with Gasteiger partial charge in [-0.3, -0.25) is 4.79 Å². The number of carbonyl (C=O) groups excluding carboxylic acids is 1. The maximum absolute atomic E-state index is 12.2. The zero-order valence-corrected chi connectivity index (χ0v) is 10.4. The zero-order chi connectivity index (χ0) is 12.1. The number of rotatable bonds is 5. The molecule has 2 rings (SSSR count). The molecule has 0 aromatic heterocycles. The number of hydrogen-bond acceptors (Lipinski definition) is 2. The second kappa shape index (κ2) is 5.82. The van der Waals surface area contributed by atoms with Crippen molar-refractivity contribution in [2.24, 2.45) is 0 Å². The van der Waals surface area contributed by atoms with Gasteiger partial charge in [0.05, 0.1) is 12.5 Å². The molecule has 0 atom stereocenters. The molecule has 1 aliphatic heterocycles. The van der Waals surface area contributed by atoms with Crippen molar-refractivity contribution in [1.82, 2.24) is 10.2 Å². The van der Waals surface area contributed by atoms with E-state index in [1.165, 1.54) is 0 Å². The van der Waals surface area contributed by atoms with E-state index in [1.807, 2.05) is 35.2 Å². The highest BCUT2D eigenvalue weighted by Crippen LogP contribution is 2.10. The monoisotopic (exact) mass is 232 g/mol. The van der Waals surface area contributed by atoms with Crippen molar-refractivity contribution >= 4 is 5.91 Å². The van der Waals surface area contributed by atoms with E-state index in [2.05, 4.69) is 12.2 Å². The van der Waals surface area contributed by atoms with Crippen LogP contribution in [0.15, 0.2) is 30.3 Å². The SMILES string of the molecule is CCCN(C(=O)Cc1ccccc1)C1CNC1. The van der Waals surface area contributed by atoms with E-state index in [0.717, 1.165) is 31.6 Å². The van der Waals surface area contributed by atoms with Crippen LogP contribution in [0.1, 0.15) is 18.9 Å². The van der Waals surface area contributed by atoms with Crippen molar-refractivity contribution in [3.8, 4) is 0 Å². The summed E-state index contributed by atoms with van der Waals surface area (Å²) in [7, 11) is 0. The topological polar surface area (TPSA) is 32.3 Å². The van der Waals surface area contributed by atoms with Crippen LogP contribution in [0.5, 0.6) is 0 Å². The zero-order valence-electron chi connectivity index (χ0n) is 10.4. The normalized spacial score (nSPS) is 15.4. The van der Waals surface area contributed by atoms with Gasteiger partial charge in [-0.25, -0.2) is 0 Å². The Hall–Kier alpha value is -1.35. The minimum atomic E-state index is 0.254. The molecule has 3 heteroatoms. The summed E-state index contributed by atoms with van der Waals surface area (Å²) in [5.74, 6) is 0.254. The van der Waals surface area contributed by atoms with E-state index in [1.54, 1.807) is 0 Å². The van der Waals surface area contributed by atoms with Gasteiger partial charge in [0.2, 0.25) is 5.91 Å². The highest BCUT2D eigenvalue weighted by Gasteiger charge is 2.27. The lowest BCUT2D eigenvalue weighted by Crippen LogP contribution is -2.59.